The number of imide groups is 1. The molecule has 5 rings (SSSR count). The van der Waals surface area contributed by atoms with Crippen LogP contribution in [0.2, 0.25) is 0 Å². The summed E-state index contributed by atoms with van der Waals surface area (Å²) in [5, 5.41) is 6.56. The van der Waals surface area contributed by atoms with E-state index in [1.54, 1.807) is 7.05 Å². The number of para-hydroxylation sites is 1. The minimum absolute atomic E-state index is 0.000384. The number of fused-ring (bicyclic) bond motifs is 5. The second kappa shape index (κ2) is 8.96. The lowest BCUT2D eigenvalue weighted by atomic mass is 9.85. The molecule has 0 aromatic heterocycles. The molecule has 4 aliphatic rings. The Bertz CT molecular complexity index is 907. The van der Waals surface area contributed by atoms with Gasteiger partial charge in [0.05, 0.1) is 17.9 Å². The second-order valence-corrected chi connectivity index (χ2v) is 9.31. The first kappa shape index (κ1) is 21.0. The number of guanidine groups is 1. The molecule has 1 heterocycles. The van der Waals surface area contributed by atoms with Crippen LogP contribution in [0.25, 0.3) is 0 Å². The van der Waals surface area contributed by atoms with Crippen LogP contribution in [0.15, 0.2) is 41.4 Å². The molecule has 1 aliphatic heterocycles. The number of nitrogens with zero attached hydrogens (tertiary/aromatic N) is 2. The first-order valence-corrected chi connectivity index (χ1v) is 11.9. The summed E-state index contributed by atoms with van der Waals surface area (Å²) in [4.78, 5) is 31.3. The Hall–Kier alpha value is -2.83. The molecule has 1 aromatic carbocycles. The fourth-order valence-electron chi connectivity index (χ4n) is 5.82. The lowest BCUT2D eigenvalue weighted by Gasteiger charge is -2.19. The predicted molar refractivity (Wildman–Crippen MR) is 122 cm³/mol. The Morgan fingerprint density at radius 3 is 2.44 bits per heavy atom. The minimum Gasteiger partial charge on any atom is -0.490 e. The second-order valence-electron chi connectivity index (χ2n) is 9.31. The molecule has 2 bridgehead atoms. The summed E-state index contributed by atoms with van der Waals surface area (Å²) in [6.45, 7) is 1.43. The van der Waals surface area contributed by atoms with Gasteiger partial charge in [-0.15, -0.1) is 0 Å². The molecule has 3 aliphatic carbocycles. The Labute approximate surface area is 189 Å². The van der Waals surface area contributed by atoms with E-state index in [2.05, 4.69) is 33.8 Å². The van der Waals surface area contributed by atoms with Crippen molar-refractivity contribution in [2.24, 2.45) is 28.7 Å². The van der Waals surface area contributed by atoms with Crippen molar-refractivity contribution in [3.63, 3.8) is 0 Å². The van der Waals surface area contributed by atoms with Crippen LogP contribution >= 0.6 is 0 Å². The molecule has 2 saturated carbocycles. The molecule has 3 fully saturated rings. The standard InChI is InChI=1S/C25H32N4O3/c1-26-25(28-15-18-6-2-5-9-20(18)32-19-7-3-4-8-19)27-12-13-29-23(30)21-16-10-11-17(14-16)22(21)24(29)31/h2,5-6,9-11,16-17,19,21-22H,3-4,7-8,12-15H2,1H3,(H2,26,27,28). The first-order valence-electron chi connectivity index (χ1n) is 11.9. The number of ether oxygens (including phenoxy) is 1. The molecule has 2 N–H and O–H groups in total. The van der Waals surface area contributed by atoms with Crippen LogP contribution in [0.5, 0.6) is 5.75 Å². The van der Waals surface area contributed by atoms with Crippen LogP contribution in [-0.2, 0) is 16.1 Å². The maximum Gasteiger partial charge on any atom is 0.233 e. The molecule has 170 valence electrons. The van der Waals surface area contributed by atoms with Crippen LogP contribution < -0.4 is 15.4 Å². The number of hydrogen-bond donors (Lipinski definition) is 2. The number of amides is 2. The van der Waals surface area contributed by atoms with Gasteiger partial charge in [-0.3, -0.25) is 19.5 Å². The number of aliphatic imine (C=N–C) groups is 1. The first-order chi connectivity index (χ1) is 15.7. The summed E-state index contributed by atoms with van der Waals surface area (Å²) in [6.07, 6.45) is 10.2. The highest BCUT2D eigenvalue weighted by atomic mass is 16.5. The van der Waals surface area contributed by atoms with Crippen LogP contribution in [0, 0.1) is 23.7 Å². The molecule has 7 nitrogen and oxygen atoms in total. The van der Waals surface area contributed by atoms with Gasteiger partial charge in [-0.05, 0) is 50.0 Å². The maximum atomic E-state index is 12.8. The van der Waals surface area contributed by atoms with Crippen LogP contribution in [0.1, 0.15) is 37.7 Å². The van der Waals surface area contributed by atoms with E-state index >= 15 is 0 Å². The lowest BCUT2D eigenvalue weighted by molar-refractivity contribution is -0.140. The van der Waals surface area contributed by atoms with Crippen molar-refractivity contribution in [3.8, 4) is 5.75 Å². The van der Waals surface area contributed by atoms with Crippen LogP contribution in [0.3, 0.4) is 0 Å². The topological polar surface area (TPSA) is 83.0 Å². The lowest BCUT2D eigenvalue weighted by Crippen LogP contribution is -2.43. The summed E-state index contributed by atoms with van der Waals surface area (Å²) >= 11 is 0. The molecule has 32 heavy (non-hydrogen) atoms. The molecule has 0 spiro atoms. The van der Waals surface area contributed by atoms with Gasteiger partial charge in [0.15, 0.2) is 5.96 Å². The summed E-state index contributed by atoms with van der Waals surface area (Å²) in [5.41, 5.74) is 1.09. The number of allylic oxidation sites excluding steroid dienone is 2. The van der Waals surface area contributed by atoms with E-state index in [4.69, 9.17) is 4.74 Å². The quantitative estimate of drug-likeness (QED) is 0.297. The van der Waals surface area contributed by atoms with Gasteiger partial charge in [0.2, 0.25) is 11.8 Å². The maximum absolute atomic E-state index is 12.8. The Balaban J connectivity index is 1.12. The smallest absolute Gasteiger partial charge is 0.233 e. The number of benzene rings is 1. The van der Waals surface area contributed by atoms with Gasteiger partial charge in [0, 0.05) is 32.2 Å². The number of carbonyl (C=O) groups excluding carboxylic acids is 2. The molecule has 1 aromatic rings. The number of carbonyl (C=O) groups is 2. The van der Waals surface area contributed by atoms with Crippen molar-refractivity contribution in [2.45, 2.75) is 44.8 Å². The van der Waals surface area contributed by atoms with Gasteiger partial charge in [-0.1, -0.05) is 30.4 Å². The van der Waals surface area contributed by atoms with E-state index in [-0.39, 0.29) is 35.5 Å². The molecular weight excluding hydrogens is 404 g/mol. The summed E-state index contributed by atoms with van der Waals surface area (Å²) in [5.74, 6) is 1.80. The predicted octanol–water partition coefficient (Wildman–Crippen LogP) is 2.48. The molecule has 2 amide bonds. The van der Waals surface area contributed by atoms with E-state index < -0.39 is 0 Å². The van der Waals surface area contributed by atoms with Gasteiger partial charge >= 0.3 is 0 Å². The molecule has 0 radical (unpaired) electrons. The third-order valence-corrected chi connectivity index (χ3v) is 7.43. The Morgan fingerprint density at radius 1 is 1.06 bits per heavy atom. The molecule has 1 saturated heterocycles. The number of likely N-dealkylation sites (tertiary alicyclic amines) is 1. The number of rotatable bonds is 7. The van der Waals surface area contributed by atoms with Gasteiger partial charge < -0.3 is 15.4 Å². The third-order valence-electron chi connectivity index (χ3n) is 7.43. The molecule has 4 atom stereocenters. The highest BCUT2D eigenvalue weighted by molar-refractivity contribution is 6.06. The highest BCUT2D eigenvalue weighted by Gasteiger charge is 2.58. The fourth-order valence-corrected chi connectivity index (χ4v) is 5.82. The van der Waals surface area contributed by atoms with E-state index in [0.717, 1.165) is 30.6 Å². The zero-order valence-electron chi connectivity index (χ0n) is 18.6. The molecule has 4 unspecified atom stereocenters. The fraction of sp³-hybridized carbons (Fsp3) is 0.560. The average molecular weight is 437 g/mol. The zero-order valence-corrected chi connectivity index (χ0v) is 18.6. The Morgan fingerprint density at radius 2 is 1.75 bits per heavy atom. The zero-order chi connectivity index (χ0) is 22.1. The van der Waals surface area contributed by atoms with Crippen molar-refractivity contribution in [2.75, 3.05) is 20.1 Å². The third kappa shape index (κ3) is 3.89. The average Bonchev–Trinajstić information content (AvgIpc) is 3.59. The molecule has 7 heteroatoms. The van der Waals surface area contributed by atoms with Crippen molar-refractivity contribution < 1.29 is 14.3 Å². The minimum atomic E-state index is -0.133. The van der Waals surface area contributed by atoms with Crippen LogP contribution in [-0.4, -0.2) is 48.9 Å². The van der Waals surface area contributed by atoms with Crippen molar-refractivity contribution in [1.29, 1.82) is 0 Å². The summed E-state index contributed by atoms with van der Waals surface area (Å²) < 4.78 is 6.22. The van der Waals surface area contributed by atoms with Gasteiger partial charge in [-0.25, -0.2) is 0 Å². The van der Waals surface area contributed by atoms with Crippen molar-refractivity contribution >= 4 is 17.8 Å². The number of nitrogens with one attached hydrogen (secondary N) is 2. The SMILES string of the molecule is CN=C(NCCN1C(=O)C2C3C=CC(C3)C2C1=O)NCc1ccccc1OC1CCCC1. The Kier molecular flexibility index (Phi) is 5.89. The summed E-state index contributed by atoms with van der Waals surface area (Å²) in [7, 11) is 1.72. The van der Waals surface area contributed by atoms with E-state index in [0.29, 0.717) is 31.7 Å². The largest absolute Gasteiger partial charge is 0.490 e. The monoisotopic (exact) mass is 436 g/mol. The van der Waals surface area contributed by atoms with E-state index in [9.17, 15) is 9.59 Å². The van der Waals surface area contributed by atoms with Crippen molar-refractivity contribution in [3.05, 3.63) is 42.0 Å². The number of hydrogen-bond acceptors (Lipinski definition) is 4. The highest BCUT2D eigenvalue weighted by Crippen LogP contribution is 2.52. The van der Waals surface area contributed by atoms with E-state index in [1.807, 2.05) is 18.2 Å². The normalized spacial score (nSPS) is 29.2. The van der Waals surface area contributed by atoms with Gasteiger partial charge in [0.1, 0.15) is 5.75 Å². The van der Waals surface area contributed by atoms with Gasteiger partial charge in [0.25, 0.3) is 0 Å². The van der Waals surface area contributed by atoms with Crippen LogP contribution in [0.4, 0.5) is 0 Å². The summed E-state index contributed by atoms with van der Waals surface area (Å²) in [6, 6.07) is 8.10. The molecular formula is C25H32N4O3. The van der Waals surface area contributed by atoms with E-state index in [1.165, 1.54) is 17.7 Å². The van der Waals surface area contributed by atoms with Crippen molar-refractivity contribution in [1.82, 2.24) is 15.5 Å². The van der Waals surface area contributed by atoms with Gasteiger partial charge in [-0.2, -0.15) is 0 Å².